The van der Waals surface area contributed by atoms with Crippen LogP contribution in [-0.4, -0.2) is 15.0 Å². The van der Waals surface area contributed by atoms with E-state index in [-0.39, 0.29) is 5.56 Å². The molecular formula is C10H9N3O. The first-order chi connectivity index (χ1) is 6.79. The van der Waals surface area contributed by atoms with E-state index in [4.69, 9.17) is 0 Å². The van der Waals surface area contributed by atoms with E-state index in [2.05, 4.69) is 15.0 Å². The predicted octanol–water partition coefficient (Wildman–Crippen LogP) is 1.14. The first-order valence-electron chi connectivity index (χ1n) is 4.24. The van der Waals surface area contributed by atoms with Gasteiger partial charge in [0.25, 0.3) is 5.56 Å². The van der Waals surface area contributed by atoms with Crippen molar-refractivity contribution in [2.24, 2.45) is 0 Å². The van der Waals surface area contributed by atoms with Crippen LogP contribution in [0.4, 0.5) is 0 Å². The van der Waals surface area contributed by atoms with Gasteiger partial charge in [-0.2, -0.15) is 0 Å². The van der Waals surface area contributed by atoms with Gasteiger partial charge in [-0.3, -0.25) is 9.78 Å². The zero-order valence-corrected chi connectivity index (χ0v) is 7.69. The normalized spacial score (nSPS) is 10.1. The van der Waals surface area contributed by atoms with Crippen LogP contribution in [0.5, 0.6) is 0 Å². The van der Waals surface area contributed by atoms with Gasteiger partial charge in [0.15, 0.2) is 0 Å². The molecule has 0 atom stereocenters. The molecular weight excluding hydrogens is 178 g/mol. The fourth-order valence-electron chi connectivity index (χ4n) is 1.27. The number of H-pyrrole nitrogens is 1. The fraction of sp³-hybridized carbons (Fsp3) is 0.100. The van der Waals surface area contributed by atoms with Gasteiger partial charge in [-0.05, 0) is 19.1 Å². The van der Waals surface area contributed by atoms with Crippen molar-refractivity contribution >= 4 is 0 Å². The second kappa shape index (κ2) is 3.41. The van der Waals surface area contributed by atoms with E-state index in [1.54, 1.807) is 19.3 Å². The number of aromatic nitrogens is 3. The summed E-state index contributed by atoms with van der Waals surface area (Å²) in [7, 11) is 0. The van der Waals surface area contributed by atoms with Crippen LogP contribution in [0.15, 0.2) is 35.6 Å². The van der Waals surface area contributed by atoms with Gasteiger partial charge in [0.05, 0.1) is 12.0 Å². The molecule has 0 aliphatic heterocycles. The lowest BCUT2D eigenvalue weighted by Gasteiger charge is -2.01. The zero-order valence-electron chi connectivity index (χ0n) is 7.69. The number of hydrogen-bond donors (Lipinski definition) is 1. The van der Waals surface area contributed by atoms with Gasteiger partial charge in [-0.1, -0.05) is 0 Å². The van der Waals surface area contributed by atoms with Gasteiger partial charge < -0.3 is 4.98 Å². The maximum atomic E-state index is 11.3. The Hall–Kier alpha value is -1.97. The minimum absolute atomic E-state index is 0.105. The second-order valence-electron chi connectivity index (χ2n) is 2.94. The number of aromatic amines is 1. The Morgan fingerprint density at radius 1 is 1.29 bits per heavy atom. The van der Waals surface area contributed by atoms with Crippen molar-refractivity contribution in [1.82, 2.24) is 15.0 Å². The molecule has 0 spiro atoms. The summed E-state index contributed by atoms with van der Waals surface area (Å²) >= 11 is 0. The summed E-state index contributed by atoms with van der Waals surface area (Å²) < 4.78 is 0. The van der Waals surface area contributed by atoms with Crippen molar-refractivity contribution in [3.63, 3.8) is 0 Å². The van der Waals surface area contributed by atoms with Crippen LogP contribution in [0.3, 0.4) is 0 Å². The smallest absolute Gasteiger partial charge is 0.254 e. The molecule has 2 rings (SSSR count). The van der Waals surface area contributed by atoms with Crippen LogP contribution in [0.1, 0.15) is 5.56 Å². The lowest BCUT2D eigenvalue weighted by Crippen LogP contribution is -2.11. The quantitative estimate of drug-likeness (QED) is 0.728. The second-order valence-corrected chi connectivity index (χ2v) is 2.94. The average Bonchev–Trinajstić information content (AvgIpc) is 2.23. The molecule has 4 nitrogen and oxygen atoms in total. The van der Waals surface area contributed by atoms with Gasteiger partial charge in [-0.25, -0.2) is 4.98 Å². The Morgan fingerprint density at radius 2 is 2.00 bits per heavy atom. The third kappa shape index (κ3) is 1.42. The van der Waals surface area contributed by atoms with E-state index in [0.29, 0.717) is 11.3 Å². The highest BCUT2D eigenvalue weighted by molar-refractivity contribution is 5.61. The van der Waals surface area contributed by atoms with Crippen LogP contribution in [0, 0.1) is 6.92 Å². The van der Waals surface area contributed by atoms with Crippen molar-refractivity contribution in [3.8, 4) is 11.3 Å². The van der Waals surface area contributed by atoms with Crippen LogP contribution in [0.2, 0.25) is 0 Å². The van der Waals surface area contributed by atoms with Gasteiger partial charge in [0.1, 0.15) is 0 Å². The largest absolute Gasteiger partial charge is 0.313 e. The summed E-state index contributed by atoms with van der Waals surface area (Å²) in [6.45, 7) is 1.75. The molecule has 0 aliphatic carbocycles. The van der Waals surface area contributed by atoms with E-state index in [1.165, 1.54) is 6.33 Å². The molecule has 0 amide bonds. The molecule has 14 heavy (non-hydrogen) atoms. The standard InChI is InChI=1S/C10H9N3O/c1-7-9(12-6-13-10(7)14)8-2-4-11-5-3-8/h2-6H,1H3,(H,12,13,14). The van der Waals surface area contributed by atoms with Crippen molar-refractivity contribution in [1.29, 1.82) is 0 Å². The van der Waals surface area contributed by atoms with Gasteiger partial charge >= 0.3 is 0 Å². The SMILES string of the molecule is Cc1c(-c2ccncc2)nc[nH]c1=O. The Labute approximate surface area is 80.7 Å². The molecule has 0 aliphatic rings. The molecule has 2 aromatic rings. The van der Waals surface area contributed by atoms with Crippen LogP contribution < -0.4 is 5.56 Å². The molecule has 0 unspecified atom stereocenters. The molecule has 0 radical (unpaired) electrons. The maximum Gasteiger partial charge on any atom is 0.254 e. The number of rotatable bonds is 1. The van der Waals surface area contributed by atoms with E-state index in [1.807, 2.05) is 12.1 Å². The summed E-state index contributed by atoms with van der Waals surface area (Å²) in [5.74, 6) is 0. The number of hydrogen-bond acceptors (Lipinski definition) is 3. The Bertz CT molecular complexity index is 490. The predicted molar refractivity (Wildman–Crippen MR) is 52.8 cm³/mol. The summed E-state index contributed by atoms with van der Waals surface area (Å²) in [5.41, 5.74) is 2.13. The molecule has 1 N–H and O–H groups in total. The first kappa shape index (κ1) is 8.62. The lowest BCUT2D eigenvalue weighted by molar-refractivity contribution is 1.08. The van der Waals surface area contributed by atoms with E-state index in [9.17, 15) is 4.79 Å². The van der Waals surface area contributed by atoms with Crippen molar-refractivity contribution in [2.75, 3.05) is 0 Å². The molecule has 0 saturated carbocycles. The van der Waals surface area contributed by atoms with Gasteiger partial charge in [0, 0.05) is 23.5 Å². The topological polar surface area (TPSA) is 58.6 Å². The third-order valence-corrected chi connectivity index (χ3v) is 2.04. The average molecular weight is 187 g/mol. The van der Waals surface area contributed by atoms with Crippen LogP contribution in [-0.2, 0) is 0 Å². The van der Waals surface area contributed by atoms with E-state index < -0.39 is 0 Å². The highest BCUT2D eigenvalue weighted by Crippen LogP contribution is 2.15. The maximum absolute atomic E-state index is 11.3. The van der Waals surface area contributed by atoms with Crippen molar-refractivity contribution < 1.29 is 0 Å². The number of nitrogens with one attached hydrogen (secondary N) is 1. The summed E-state index contributed by atoms with van der Waals surface area (Å²) in [6.07, 6.45) is 4.76. The van der Waals surface area contributed by atoms with E-state index in [0.717, 1.165) is 5.56 Å². The Balaban J connectivity index is 2.64. The summed E-state index contributed by atoms with van der Waals surface area (Å²) in [6, 6.07) is 3.66. The highest BCUT2D eigenvalue weighted by Gasteiger charge is 2.04. The number of pyridine rings is 1. The molecule has 0 fully saturated rings. The lowest BCUT2D eigenvalue weighted by atomic mass is 10.1. The molecule has 4 heteroatoms. The molecule has 2 heterocycles. The fourth-order valence-corrected chi connectivity index (χ4v) is 1.27. The van der Waals surface area contributed by atoms with Crippen molar-refractivity contribution in [2.45, 2.75) is 6.92 Å². The molecule has 0 saturated heterocycles. The third-order valence-electron chi connectivity index (χ3n) is 2.04. The zero-order chi connectivity index (χ0) is 9.97. The molecule has 70 valence electrons. The Morgan fingerprint density at radius 3 is 2.71 bits per heavy atom. The summed E-state index contributed by atoms with van der Waals surface area (Å²) in [4.78, 5) is 21.9. The van der Waals surface area contributed by atoms with E-state index >= 15 is 0 Å². The van der Waals surface area contributed by atoms with Gasteiger partial charge in [0.2, 0.25) is 0 Å². The molecule has 2 aromatic heterocycles. The van der Waals surface area contributed by atoms with Gasteiger partial charge in [-0.15, -0.1) is 0 Å². The Kier molecular flexibility index (Phi) is 2.10. The minimum Gasteiger partial charge on any atom is -0.313 e. The van der Waals surface area contributed by atoms with Crippen LogP contribution in [0.25, 0.3) is 11.3 Å². The minimum atomic E-state index is -0.105. The summed E-state index contributed by atoms with van der Waals surface area (Å²) in [5, 5.41) is 0. The molecule has 0 aromatic carbocycles. The molecule has 0 bridgehead atoms. The van der Waals surface area contributed by atoms with Crippen LogP contribution >= 0.6 is 0 Å². The number of nitrogens with zero attached hydrogens (tertiary/aromatic N) is 2. The highest BCUT2D eigenvalue weighted by atomic mass is 16.1. The first-order valence-corrected chi connectivity index (χ1v) is 4.24. The monoisotopic (exact) mass is 187 g/mol. The van der Waals surface area contributed by atoms with Crippen molar-refractivity contribution in [3.05, 3.63) is 46.8 Å².